The quantitative estimate of drug-likeness (QED) is 0.474. The SMILES string of the molecule is Cc1cc(C)c2nc(NN=Cc3ccc(C(C)(C)C)cc3)cc(C)c2c1. The molecule has 0 radical (unpaired) electrons. The van der Waals surface area contributed by atoms with Gasteiger partial charge in [0, 0.05) is 5.39 Å². The highest BCUT2D eigenvalue weighted by atomic mass is 15.3. The van der Waals surface area contributed by atoms with Gasteiger partial charge in [-0.15, -0.1) is 0 Å². The van der Waals surface area contributed by atoms with Gasteiger partial charge in [-0.3, -0.25) is 5.43 Å². The van der Waals surface area contributed by atoms with Crippen LogP contribution in [-0.4, -0.2) is 11.2 Å². The second kappa shape index (κ2) is 6.91. The molecule has 26 heavy (non-hydrogen) atoms. The van der Waals surface area contributed by atoms with Crippen molar-refractivity contribution in [1.29, 1.82) is 0 Å². The summed E-state index contributed by atoms with van der Waals surface area (Å²) in [5, 5.41) is 5.56. The molecule has 0 unspecified atom stereocenters. The molecule has 0 aliphatic carbocycles. The maximum Gasteiger partial charge on any atom is 0.147 e. The topological polar surface area (TPSA) is 37.3 Å². The Kier molecular flexibility index (Phi) is 4.82. The number of benzene rings is 2. The van der Waals surface area contributed by atoms with E-state index in [0.717, 1.165) is 16.9 Å². The maximum atomic E-state index is 4.73. The summed E-state index contributed by atoms with van der Waals surface area (Å²) in [4.78, 5) is 4.73. The second-order valence-electron chi connectivity index (χ2n) is 8.04. The van der Waals surface area contributed by atoms with Crippen LogP contribution in [0, 0.1) is 20.8 Å². The highest BCUT2D eigenvalue weighted by Crippen LogP contribution is 2.25. The largest absolute Gasteiger partial charge is 0.261 e. The zero-order chi connectivity index (χ0) is 18.9. The van der Waals surface area contributed by atoms with Crippen LogP contribution < -0.4 is 5.43 Å². The van der Waals surface area contributed by atoms with Gasteiger partial charge in [-0.05, 0) is 60.6 Å². The second-order valence-corrected chi connectivity index (χ2v) is 8.04. The van der Waals surface area contributed by atoms with Crippen LogP contribution in [0.3, 0.4) is 0 Å². The van der Waals surface area contributed by atoms with Gasteiger partial charge >= 0.3 is 0 Å². The molecule has 2 aromatic carbocycles. The molecular weight excluding hydrogens is 318 g/mol. The van der Waals surface area contributed by atoms with Gasteiger partial charge in [0.15, 0.2) is 0 Å². The molecule has 1 N–H and O–H groups in total. The number of aryl methyl sites for hydroxylation is 3. The number of hydrogen-bond donors (Lipinski definition) is 1. The molecule has 0 bridgehead atoms. The molecule has 0 spiro atoms. The third-order valence-electron chi connectivity index (χ3n) is 4.62. The Bertz CT molecular complexity index is 961. The van der Waals surface area contributed by atoms with E-state index in [-0.39, 0.29) is 5.41 Å². The zero-order valence-electron chi connectivity index (χ0n) is 16.5. The Morgan fingerprint density at radius 3 is 2.27 bits per heavy atom. The average molecular weight is 345 g/mol. The van der Waals surface area contributed by atoms with Crippen molar-refractivity contribution in [2.75, 3.05) is 5.43 Å². The van der Waals surface area contributed by atoms with Gasteiger partial charge in [-0.1, -0.05) is 56.7 Å². The lowest BCUT2D eigenvalue weighted by atomic mass is 9.87. The van der Waals surface area contributed by atoms with Crippen molar-refractivity contribution >= 4 is 22.9 Å². The van der Waals surface area contributed by atoms with Crippen molar-refractivity contribution in [3.05, 3.63) is 70.3 Å². The Morgan fingerprint density at radius 1 is 0.923 bits per heavy atom. The first-order valence-electron chi connectivity index (χ1n) is 9.02. The summed E-state index contributed by atoms with van der Waals surface area (Å²) in [6.45, 7) is 13.0. The number of fused-ring (bicyclic) bond motifs is 1. The van der Waals surface area contributed by atoms with Gasteiger partial charge in [0.25, 0.3) is 0 Å². The molecule has 0 atom stereocenters. The van der Waals surface area contributed by atoms with Crippen molar-refractivity contribution < 1.29 is 0 Å². The Balaban J connectivity index is 1.80. The van der Waals surface area contributed by atoms with Gasteiger partial charge < -0.3 is 0 Å². The average Bonchev–Trinajstić information content (AvgIpc) is 2.56. The fourth-order valence-electron chi connectivity index (χ4n) is 3.14. The first kappa shape index (κ1) is 18.1. The van der Waals surface area contributed by atoms with Crippen molar-refractivity contribution in [1.82, 2.24) is 4.98 Å². The Labute approximate surface area is 156 Å². The number of pyridine rings is 1. The molecule has 0 saturated heterocycles. The number of hydrazone groups is 1. The van der Waals surface area contributed by atoms with Crippen molar-refractivity contribution in [3.8, 4) is 0 Å². The van der Waals surface area contributed by atoms with E-state index >= 15 is 0 Å². The predicted molar refractivity (Wildman–Crippen MR) is 112 cm³/mol. The molecule has 0 saturated carbocycles. The minimum absolute atomic E-state index is 0.163. The van der Waals surface area contributed by atoms with E-state index < -0.39 is 0 Å². The van der Waals surface area contributed by atoms with Crippen LogP contribution >= 0.6 is 0 Å². The molecule has 0 aliphatic rings. The molecular formula is C23H27N3. The predicted octanol–water partition coefficient (Wildman–Crippen LogP) is 5.90. The number of nitrogens with one attached hydrogen (secondary N) is 1. The molecule has 3 rings (SSSR count). The number of hydrogen-bond acceptors (Lipinski definition) is 3. The van der Waals surface area contributed by atoms with Crippen LogP contribution in [0.4, 0.5) is 5.82 Å². The summed E-state index contributed by atoms with van der Waals surface area (Å²) < 4.78 is 0. The van der Waals surface area contributed by atoms with Crippen LogP contribution in [0.15, 0.2) is 47.6 Å². The number of anilines is 1. The lowest BCUT2D eigenvalue weighted by Gasteiger charge is -2.18. The van der Waals surface area contributed by atoms with Crippen molar-refractivity contribution in [2.45, 2.75) is 47.0 Å². The molecule has 1 aromatic heterocycles. The molecule has 3 aromatic rings. The standard InChI is InChI=1S/C23H27N3/c1-15-11-17(3)22-20(12-15)16(2)13-21(25-22)26-24-14-18-7-9-19(10-8-18)23(4,5)6/h7-14H,1-6H3,(H,25,26). The van der Waals surface area contributed by atoms with Gasteiger partial charge in [0.05, 0.1) is 11.7 Å². The highest BCUT2D eigenvalue weighted by molar-refractivity contribution is 5.87. The highest BCUT2D eigenvalue weighted by Gasteiger charge is 2.12. The molecule has 0 fully saturated rings. The minimum Gasteiger partial charge on any atom is -0.261 e. The molecule has 3 heteroatoms. The molecule has 3 nitrogen and oxygen atoms in total. The summed E-state index contributed by atoms with van der Waals surface area (Å²) in [6.07, 6.45) is 1.83. The van der Waals surface area contributed by atoms with Gasteiger partial charge in [-0.25, -0.2) is 4.98 Å². The van der Waals surface area contributed by atoms with E-state index in [4.69, 9.17) is 4.98 Å². The third-order valence-corrected chi connectivity index (χ3v) is 4.62. The Hall–Kier alpha value is -2.68. The van der Waals surface area contributed by atoms with Crippen LogP contribution in [0.25, 0.3) is 10.9 Å². The number of aromatic nitrogens is 1. The van der Waals surface area contributed by atoms with E-state index in [2.05, 4.69) is 88.5 Å². The lowest BCUT2D eigenvalue weighted by molar-refractivity contribution is 0.590. The number of nitrogens with zero attached hydrogens (tertiary/aromatic N) is 2. The van der Waals surface area contributed by atoms with E-state index in [1.165, 1.54) is 27.6 Å². The molecule has 0 amide bonds. The summed E-state index contributed by atoms with van der Waals surface area (Å²) in [6, 6.07) is 14.9. The molecule has 1 heterocycles. The zero-order valence-corrected chi connectivity index (χ0v) is 16.5. The van der Waals surface area contributed by atoms with E-state index in [9.17, 15) is 0 Å². The van der Waals surface area contributed by atoms with Crippen molar-refractivity contribution in [3.63, 3.8) is 0 Å². The monoisotopic (exact) mass is 345 g/mol. The van der Waals surface area contributed by atoms with Gasteiger partial charge in [-0.2, -0.15) is 5.10 Å². The van der Waals surface area contributed by atoms with Crippen LogP contribution in [-0.2, 0) is 5.41 Å². The van der Waals surface area contributed by atoms with Crippen LogP contribution in [0.2, 0.25) is 0 Å². The van der Waals surface area contributed by atoms with E-state index in [1.54, 1.807) is 0 Å². The van der Waals surface area contributed by atoms with Gasteiger partial charge in [0.2, 0.25) is 0 Å². The van der Waals surface area contributed by atoms with Crippen LogP contribution in [0.1, 0.15) is 48.6 Å². The Morgan fingerprint density at radius 2 is 1.62 bits per heavy atom. The first-order valence-corrected chi connectivity index (χ1v) is 9.02. The van der Waals surface area contributed by atoms with Crippen LogP contribution in [0.5, 0.6) is 0 Å². The summed E-state index contributed by atoms with van der Waals surface area (Å²) in [7, 11) is 0. The number of rotatable bonds is 3. The van der Waals surface area contributed by atoms with Crippen molar-refractivity contribution in [2.24, 2.45) is 5.10 Å². The summed E-state index contributed by atoms with van der Waals surface area (Å²) in [5.74, 6) is 0.768. The third kappa shape index (κ3) is 3.93. The smallest absolute Gasteiger partial charge is 0.147 e. The van der Waals surface area contributed by atoms with E-state index in [1.807, 2.05) is 12.3 Å². The first-order chi connectivity index (χ1) is 12.2. The van der Waals surface area contributed by atoms with E-state index in [0.29, 0.717) is 0 Å². The summed E-state index contributed by atoms with van der Waals surface area (Å²) in [5.41, 5.74) is 10.3. The lowest BCUT2D eigenvalue weighted by Crippen LogP contribution is -2.10. The summed E-state index contributed by atoms with van der Waals surface area (Å²) >= 11 is 0. The fraction of sp³-hybridized carbons (Fsp3) is 0.304. The molecule has 0 aliphatic heterocycles. The fourth-order valence-corrected chi connectivity index (χ4v) is 3.14. The maximum absolute atomic E-state index is 4.73. The minimum atomic E-state index is 0.163. The normalized spacial score (nSPS) is 12.1. The van der Waals surface area contributed by atoms with Gasteiger partial charge in [0.1, 0.15) is 5.82 Å². The molecule has 134 valence electrons.